The van der Waals surface area contributed by atoms with Gasteiger partial charge in [0.25, 0.3) is 5.91 Å². The Morgan fingerprint density at radius 1 is 1.00 bits per heavy atom. The number of carbonyl (C=O) groups is 1. The number of benzene rings is 1. The van der Waals surface area contributed by atoms with E-state index in [0.29, 0.717) is 12.1 Å². The predicted octanol–water partition coefficient (Wildman–Crippen LogP) is 1.83. The number of aromatic amines is 1. The Balaban J connectivity index is 1.35. The molecule has 0 aliphatic carbocycles. The molecule has 2 N–H and O–H groups in total. The van der Waals surface area contributed by atoms with Crippen LogP contribution in [0.15, 0.2) is 53.9 Å². The van der Waals surface area contributed by atoms with Gasteiger partial charge in [-0.15, -0.1) is 0 Å². The minimum absolute atomic E-state index is 0.156. The monoisotopic (exact) mass is 360 g/mol. The molecule has 0 bridgehead atoms. The third-order valence-electron chi connectivity index (χ3n) is 5.27. The minimum atomic E-state index is -0.156. The first-order valence-electron chi connectivity index (χ1n) is 9.15. The third-order valence-corrected chi connectivity index (χ3v) is 5.27. The van der Waals surface area contributed by atoms with Crippen molar-refractivity contribution in [2.75, 3.05) is 37.6 Å². The summed E-state index contributed by atoms with van der Waals surface area (Å²) in [4.78, 5) is 24.8. The van der Waals surface area contributed by atoms with Crippen LogP contribution in [0.1, 0.15) is 15.9 Å². The smallest absolute Gasteiger partial charge is 0.272 e. The first-order chi connectivity index (χ1) is 13.3. The molecule has 3 aromatic rings. The van der Waals surface area contributed by atoms with Crippen LogP contribution in [0.3, 0.4) is 0 Å². The number of hydrogen-bond acceptors (Lipinski definition) is 5. The first-order valence-corrected chi connectivity index (χ1v) is 9.15. The number of pyridine rings is 1. The van der Waals surface area contributed by atoms with E-state index in [4.69, 9.17) is 0 Å². The Bertz CT molecular complexity index is 1020. The summed E-state index contributed by atoms with van der Waals surface area (Å²) in [5.41, 5.74) is 6.23. The Hall–Kier alpha value is -3.19. The molecule has 136 valence electrons. The van der Waals surface area contributed by atoms with E-state index >= 15 is 0 Å². The zero-order valence-electron chi connectivity index (χ0n) is 14.9. The molecule has 27 heavy (non-hydrogen) atoms. The number of hydrazone groups is 1. The number of aromatic nitrogens is 2. The Labute approximate surface area is 156 Å². The second-order valence-electron chi connectivity index (χ2n) is 6.88. The van der Waals surface area contributed by atoms with Gasteiger partial charge >= 0.3 is 0 Å². The van der Waals surface area contributed by atoms with Gasteiger partial charge in [0.05, 0.1) is 11.3 Å². The normalized spacial score (nSPS) is 17.6. The number of anilines is 1. The Kier molecular flexibility index (Phi) is 3.86. The van der Waals surface area contributed by atoms with E-state index in [1.54, 1.807) is 0 Å². The molecule has 1 amide bonds. The lowest BCUT2D eigenvalue weighted by Gasteiger charge is -2.35. The van der Waals surface area contributed by atoms with Gasteiger partial charge in [0.1, 0.15) is 5.82 Å². The van der Waals surface area contributed by atoms with E-state index in [0.717, 1.165) is 54.2 Å². The molecule has 2 aromatic heterocycles. The molecule has 0 radical (unpaired) electrons. The molecule has 1 fully saturated rings. The summed E-state index contributed by atoms with van der Waals surface area (Å²) >= 11 is 0. The fourth-order valence-corrected chi connectivity index (χ4v) is 3.85. The molecule has 1 aromatic carbocycles. The molecule has 5 rings (SSSR count). The topological polar surface area (TPSA) is 76.6 Å². The van der Waals surface area contributed by atoms with Gasteiger partial charge in [-0.05, 0) is 24.3 Å². The fraction of sp³-hybridized carbons (Fsp3) is 0.250. The molecule has 4 heterocycles. The second-order valence-corrected chi connectivity index (χ2v) is 6.88. The standard InChI is InChI=1S/C20H20N6O/c27-20-14-4-3-5-16-19(14)15(12-22-16)17(23-24-20)13-25-8-10-26(11-9-25)18-6-1-2-7-21-18/h1-7,12,22H,8-11,13H2,(H,24,27). The number of amides is 1. The van der Waals surface area contributed by atoms with Crippen LogP contribution >= 0.6 is 0 Å². The summed E-state index contributed by atoms with van der Waals surface area (Å²) in [6.45, 7) is 4.42. The van der Waals surface area contributed by atoms with E-state index in [-0.39, 0.29) is 5.91 Å². The van der Waals surface area contributed by atoms with Gasteiger partial charge in [0.15, 0.2) is 0 Å². The minimum Gasteiger partial charge on any atom is -0.360 e. The lowest BCUT2D eigenvalue weighted by molar-refractivity contribution is 0.0957. The maximum atomic E-state index is 12.4. The van der Waals surface area contributed by atoms with Gasteiger partial charge in [-0.25, -0.2) is 10.4 Å². The number of piperazine rings is 1. The third kappa shape index (κ3) is 2.86. The van der Waals surface area contributed by atoms with Gasteiger partial charge in [-0.3, -0.25) is 9.69 Å². The second kappa shape index (κ2) is 6.51. The molecular weight excluding hydrogens is 340 g/mol. The van der Waals surface area contributed by atoms with Gasteiger partial charge in [-0.2, -0.15) is 5.10 Å². The summed E-state index contributed by atoms with van der Waals surface area (Å²) in [7, 11) is 0. The number of H-pyrrole nitrogens is 1. The van der Waals surface area contributed by atoms with Crippen molar-refractivity contribution in [3.8, 4) is 0 Å². The van der Waals surface area contributed by atoms with Crippen molar-refractivity contribution >= 4 is 28.3 Å². The average molecular weight is 360 g/mol. The molecule has 2 aliphatic rings. The lowest BCUT2D eigenvalue weighted by Crippen LogP contribution is -2.48. The lowest BCUT2D eigenvalue weighted by atomic mass is 10.0. The highest BCUT2D eigenvalue weighted by atomic mass is 16.2. The van der Waals surface area contributed by atoms with Crippen LogP contribution in [0.2, 0.25) is 0 Å². The van der Waals surface area contributed by atoms with Crippen molar-refractivity contribution < 1.29 is 4.79 Å². The highest BCUT2D eigenvalue weighted by Gasteiger charge is 2.24. The Morgan fingerprint density at radius 3 is 2.70 bits per heavy atom. The fourth-order valence-electron chi connectivity index (χ4n) is 3.85. The summed E-state index contributed by atoms with van der Waals surface area (Å²) in [6, 6.07) is 11.7. The van der Waals surface area contributed by atoms with Crippen LogP contribution in [-0.4, -0.2) is 59.2 Å². The van der Waals surface area contributed by atoms with Crippen LogP contribution in [0.5, 0.6) is 0 Å². The van der Waals surface area contributed by atoms with Gasteiger partial charge in [-0.1, -0.05) is 12.1 Å². The first kappa shape index (κ1) is 16.0. The maximum absolute atomic E-state index is 12.4. The highest BCUT2D eigenvalue weighted by Crippen LogP contribution is 2.25. The van der Waals surface area contributed by atoms with Crippen LogP contribution < -0.4 is 10.3 Å². The number of carbonyl (C=O) groups excluding carboxylic acids is 1. The van der Waals surface area contributed by atoms with Crippen LogP contribution in [0, 0.1) is 0 Å². The number of nitrogens with one attached hydrogen (secondary N) is 2. The van der Waals surface area contributed by atoms with Gasteiger partial charge < -0.3 is 9.88 Å². The van der Waals surface area contributed by atoms with Gasteiger partial charge in [0.2, 0.25) is 0 Å². The number of nitrogens with zero attached hydrogens (tertiary/aromatic N) is 4. The van der Waals surface area contributed by atoms with E-state index in [2.05, 4.69) is 30.3 Å². The van der Waals surface area contributed by atoms with Crippen molar-refractivity contribution in [3.63, 3.8) is 0 Å². The zero-order chi connectivity index (χ0) is 18.2. The molecule has 0 spiro atoms. The summed E-state index contributed by atoms with van der Waals surface area (Å²) < 4.78 is 0. The molecule has 0 unspecified atom stereocenters. The summed E-state index contributed by atoms with van der Waals surface area (Å²) in [5, 5.41) is 5.37. The van der Waals surface area contributed by atoms with Crippen molar-refractivity contribution in [1.82, 2.24) is 20.3 Å². The summed E-state index contributed by atoms with van der Waals surface area (Å²) in [5.74, 6) is 0.869. The van der Waals surface area contributed by atoms with Crippen molar-refractivity contribution in [3.05, 3.63) is 59.9 Å². The summed E-state index contributed by atoms with van der Waals surface area (Å²) in [6.07, 6.45) is 3.79. The van der Waals surface area contributed by atoms with Crippen LogP contribution in [0.4, 0.5) is 5.82 Å². The van der Waals surface area contributed by atoms with E-state index in [9.17, 15) is 4.79 Å². The molecule has 7 nitrogen and oxygen atoms in total. The zero-order valence-corrected chi connectivity index (χ0v) is 14.9. The molecule has 2 aliphatic heterocycles. The SMILES string of the molecule is O=C1NN=C(CN2CCN(c3ccccn3)CC2)c2c[nH]c3cccc1c23. The maximum Gasteiger partial charge on any atom is 0.272 e. The molecule has 0 saturated carbocycles. The van der Waals surface area contributed by atoms with Crippen molar-refractivity contribution in [1.29, 1.82) is 0 Å². The largest absolute Gasteiger partial charge is 0.360 e. The molecule has 7 heteroatoms. The number of rotatable bonds is 3. The van der Waals surface area contributed by atoms with Crippen molar-refractivity contribution in [2.24, 2.45) is 5.10 Å². The van der Waals surface area contributed by atoms with Crippen molar-refractivity contribution in [2.45, 2.75) is 0 Å². The Morgan fingerprint density at radius 2 is 1.89 bits per heavy atom. The predicted molar refractivity (Wildman–Crippen MR) is 105 cm³/mol. The van der Waals surface area contributed by atoms with E-state index in [1.165, 1.54) is 0 Å². The molecular formula is C20H20N6O. The average Bonchev–Trinajstić information content (AvgIpc) is 3.10. The quantitative estimate of drug-likeness (QED) is 0.747. The highest BCUT2D eigenvalue weighted by molar-refractivity contribution is 6.19. The van der Waals surface area contributed by atoms with E-state index < -0.39 is 0 Å². The van der Waals surface area contributed by atoms with Gasteiger partial charge in [0, 0.05) is 61.6 Å². The molecule has 1 saturated heterocycles. The molecule has 0 atom stereocenters. The number of hydrogen-bond donors (Lipinski definition) is 2. The van der Waals surface area contributed by atoms with Crippen LogP contribution in [0.25, 0.3) is 10.9 Å². The van der Waals surface area contributed by atoms with E-state index in [1.807, 2.05) is 48.8 Å². The van der Waals surface area contributed by atoms with Crippen LogP contribution in [-0.2, 0) is 0 Å².